The average Bonchev–Trinajstić information content (AvgIpc) is 1.89. The van der Waals surface area contributed by atoms with Crippen LogP contribution in [-0.4, -0.2) is 12.0 Å². The van der Waals surface area contributed by atoms with Crippen LogP contribution in [0.1, 0.15) is 26.2 Å². The zero-order chi connectivity index (χ0) is 6.95. The zero-order valence-corrected chi connectivity index (χ0v) is 6.55. The Hall–Kier alpha value is -0.150. The van der Waals surface area contributed by atoms with Crippen molar-refractivity contribution < 1.29 is 0 Å². The Morgan fingerprint density at radius 3 is 2.78 bits per heavy atom. The van der Waals surface area contributed by atoms with Crippen molar-refractivity contribution in [3.8, 4) is 0 Å². The molecule has 0 spiro atoms. The molecule has 0 atom stereocenters. The monoisotopic (exact) mass is 145 g/mol. The Bertz CT molecular complexity index is 66.1. The van der Waals surface area contributed by atoms with Crippen molar-refractivity contribution in [2.75, 3.05) is 6.54 Å². The number of nitrogens with one attached hydrogen (secondary N) is 2. The Morgan fingerprint density at radius 2 is 2.22 bits per heavy atom. The second-order valence-electron chi connectivity index (χ2n) is 1.86. The molecule has 0 saturated carbocycles. The first-order chi connectivity index (χ1) is 4.41. The van der Waals surface area contributed by atoms with Crippen LogP contribution >= 0.6 is 12.2 Å². The van der Waals surface area contributed by atoms with Gasteiger partial charge in [-0.1, -0.05) is 32.0 Å². The summed E-state index contributed by atoms with van der Waals surface area (Å²) in [4.78, 5) is 0. The van der Waals surface area contributed by atoms with E-state index in [0.29, 0.717) is 0 Å². The molecular formula is C6H13N2S. The predicted molar refractivity (Wildman–Crippen MR) is 43.3 cm³/mol. The van der Waals surface area contributed by atoms with Crippen molar-refractivity contribution in [2.24, 2.45) is 0 Å². The number of rotatable bonds is 6. The van der Waals surface area contributed by atoms with E-state index in [9.17, 15) is 0 Å². The minimum atomic E-state index is 0.970. The highest BCUT2D eigenvalue weighted by Crippen LogP contribution is 1.89. The first kappa shape index (κ1) is 8.85. The van der Waals surface area contributed by atoms with Crippen LogP contribution in [0.15, 0.2) is 0 Å². The minimum Gasteiger partial charge on any atom is -0.310 e. The lowest BCUT2D eigenvalue weighted by Gasteiger charge is -1.99. The largest absolute Gasteiger partial charge is 0.310 e. The van der Waals surface area contributed by atoms with E-state index >= 15 is 0 Å². The number of hydrogen-bond donors (Lipinski definition) is 2. The fourth-order valence-electron chi connectivity index (χ4n) is 0.562. The van der Waals surface area contributed by atoms with Gasteiger partial charge in [-0.15, -0.1) is 0 Å². The molecule has 0 aliphatic rings. The normalized spacial score (nSPS) is 9.00. The lowest BCUT2D eigenvalue weighted by Crippen LogP contribution is -2.30. The van der Waals surface area contributed by atoms with Crippen LogP contribution in [0.4, 0.5) is 0 Å². The molecule has 0 aliphatic heterocycles. The van der Waals surface area contributed by atoms with E-state index in [1.165, 1.54) is 19.3 Å². The number of unbranched alkanes of at least 4 members (excludes halogenated alkanes) is 2. The molecule has 0 unspecified atom stereocenters. The van der Waals surface area contributed by atoms with Gasteiger partial charge in [-0.3, -0.25) is 0 Å². The second-order valence-corrected chi connectivity index (χ2v) is 2.07. The average molecular weight is 145 g/mol. The standard InChI is InChI=1S/C6H13N2S/c1-2-3-4-5-7-8-6-9/h7H,2-5H2,1H3,(H,8,9). The summed E-state index contributed by atoms with van der Waals surface area (Å²) in [5.41, 5.74) is 7.89. The van der Waals surface area contributed by atoms with Gasteiger partial charge < -0.3 is 5.43 Å². The molecule has 1 radical (unpaired) electrons. The quantitative estimate of drug-likeness (QED) is 0.253. The molecule has 0 heterocycles. The molecule has 0 aliphatic carbocycles. The van der Waals surface area contributed by atoms with Crippen LogP contribution in [0, 0.1) is 0 Å². The van der Waals surface area contributed by atoms with Crippen molar-refractivity contribution in [1.29, 1.82) is 0 Å². The summed E-state index contributed by atoms with van der Waals surface area (Å²) in [6.45, 7) is 3.15. The van der Waals surface area contributed by atoms with Gasteiger partial charge in [0.1, 0.15) is 5.49 Å². The van der Waals surface area contributed by atoms with Crippen molar-refractivity contribution in [3.05, 3.63) is 0 Å². The van der Waals surface area contributed by atoms with E-state index in [1.54, 1.807) is 0 Å². The highest BCUT2D eigenvalue weighted by molar-refractivity contribution is 7.78. The molecule has 3 heteroatoms. The van der Waals surface area contributed by atoms with Crippen LogP contribution in [0.25, 0.3) is 0 Å². The summed E-state index contributed by atoms with van der Waals surface area (Å²) < 4.78 is 0. The fraction of sp³-hybridized carbons (Fsp3) is 0.833. The predicted octanol–water partition coefficient (Wildman–Crippen LogP) is 1.10. The van der Waals surface area contributed by atoms with Gasteiger partial charge in [-0.05, 0) is 6.42 Å². The van der Waals surface area contributed by atoms with Crippen LogP contribution in [0.2, 0.25) is 0 Å². The zero-order valence-electron chi connectivity index (χ0n) is 5.74. The summed E-state index contributed by atoms with van der Waals surface area (Å²) >= 11 is 4.41. The Balaban J connectivity index is 2.66. The van der Waals surface area contributed by atoms with Gasteiger partial charge in [0, 0.05) is 6.54 Å². The van der Waals surface area contributed by atoms with Gasteiger partial charge in [-0.25, -0.2) is 5.43 Å². The molecule has 0 aromatic heterocycles. The Kier molecular flexibility index (Phi) is 7.72. The maximum Gasteiger partial charge on any atom is 0.149 e. The lowest BCUT2D eigenvalue weighted by atomic mass is 10.3. The van der Waals surface area contributed by atoms with Crippen molar-refractivity contribution in [1.82, 2.24) is 10.9 Å². The summed E-state index contributed by atoms with van der Waals surface area (Å²) in [5.74, 6) is 0. The van der Waals surface area contributed by atoms with Crippen LogP contribution < -0.4 is 10.9 Å². The van der Waals surface area contributed by atoms with Gasteiger partial charge >= 0.3 is 0 Å². The van der Waals surface area contributed by atoms with Crippen molar-refractivity contribution >= 4 is 17.7 Å². The molecule has 0 fully saturated rings. The number of hydrogen-bond acceptors (Lipinski definition) is 2. The van der Waals surface area contributed by atoms with Crippen LogP contribution in [0.3, 0.4) is 0 Å². The SMILES string of the molecule is CCCCCNN[C]=S. The summed E-state index contributed by atoms with van der Waals surface area (Å²) in [7, 11) is 0. The Morgan fingerprint density at radius 1 is 1.44 bits per heavy atom. The fourth-order valence-corrected chi connectivity index (χ4v) is 0.634. The topological polar surface area (TPSA) is 24.1 Å². The summed E-state index contributed by atoms with van der Waals surface area (Å²) in [6, 6.07) is 0. The summed E-state index contributed by atoms with van der Waals surface area (Å²) in [6.07, 6.45) is 3.72. The van der Waals surface area contributed by atoms with Gasteiger partial charge in [0.2, 0.25) is 0 Å². The third kappa shape index (κ3) is 7.85. The van der Waals surface area contributed by atoms with E-state index in [1.807, 2.05) is 0 Å². The van der Waals surface area contributed by atoms with Crippen molar-refractivity contribution in [3.63, 3.8) is 0 Å². The Labute approximate surface area is 62.0 Å². The summed E-state index contributed by atoms with van der Waals surface area (Å²) in [5, 5.41) is 0. The van der Waals surface area contributed by atoms with Gasteiger partial charge in [0.25, 0.3) is 0 Å². The highest BCUT2D eigenvalue weighted by atomic mass is 32.1. The molecule has 0 aromatic rings. The molecule has 2 N–H and O–H groups in total. The first-order valence-electron chi connectivity index (χ1n) is 3.26. The molecule has 9 heavy (non-hydrogen) atoms. The molecular weight excluding hydrogens is 132 g/mol. The number of hydrazine groups is 1. The van der Waals surface area contributed by atoms with E-state index in [4.69, 9.17) is 0 Å². The van der Waals surface area contributed by atoms with E-state index in [0.717, 1.165) is 6.54 Å². The van der Waals surface area contributed by atoms with E-state index in [-0.39, 0.29) is 0 Å². The molecule has 0 rings (SSSR count). The molecule has 0 saturated heterocycles. The molecule has 0 bridgehead atoms. The maximum absolute atomic E-state index is 4.41. The van der Waals surface area contributed by atoms with Gasteiger partial charge in [0.15, 0.2) is 0 Å². The first-order valence-corrected chi connectivity index (χ1v) is 3.67. The minimum absolute atomic E-state index is 0.970. The maximum atomic E-state index is 4.41. The van der Waals surface area contributed by atoms with Crippen LogP contribution in [0.5, 0.6) is 0 Å². The lowest BCUT2D eigenvalue weighted by molar-refractivity contribution is 0.600. The number of thiocarbonyl (C=S) groups is 1. The molecule has 0 amide bonds. The highest BCUT2D eigenvalue weighted by Gasteiger charge is 1.82. The van der Waals surface area contributed by atoms with Crippen molar-refractivity contribution in [2.45, 2.75) is 26.2 Å². The van der Waals surface area contributed by atoms with E-state index in [2.05, 4.69) is 35.5 Å². The van der Waals surface area contributed by atoms with Crippen LogP contribution in [-0.2, 0) is 0 Å². The third-order valence-electron chi connectivity index (χ3n) is 1.04. The molecule has 53 valence electrons. The van der Waals surface area contributed by atoms with E-state index < -0.39 is 0 Å². The van der Waals surface area contributed by atoms with Gasteiger partial charge in [-0.2, -0.15) is 0 Å². The third-order valence-corrected chi connectivity index (χ3v) is 1.15. The second kappa shape index (κ2) is 7.85. The molecule has 0 aromatic carbocycles. The molecule has 2 nitrogen and oxygen atoms in total. The smallest absolute Gasteiger partial charge is 0.149 e. The van der Waals surface area contributed by atoms with Gasteiger partial charge in [0.05, 0.1) is 0 Å².